The standard InChI is InChI=1S/C22H27FN2O4/c1-27-18-6-4-17(5-7-18)20(25-9-11-29-12-10-25)15-24-22(26)14-16-3-8-21(28-2)19(23)13-16/h3-8,13,20H,9-12,14-15H2,1-2H3,(H,24,26)/t20-/m0/s1. The molecule has 0 aliphatic carbocycles. The first-order valence-corrected chi connectivity index (χ1v) is 9.65. The largest absolute Gasteiger partial charge is 0.497 e. The van der Waals surface area contributed by atoms with Gasteiger partial charge in [-0.25, -0.2) is 4.39 Å². The number of hydrogen-bond acceptors (Lipinski definition) is 5. The van der Waals surface area contributed by atoms with Gasteiger partial charge in [0.2, 0.25) is 5.91 Å². The number of benzene rings is 2. The summed E-state index contributed by atoms with van der Waals surface area (Å²) in [6.45, 7) is 3.41. The monoisotopic (exact) mass is 402 g/mol. The highest BCUT2D eigenvalue weighted by molar-refractivity contribution is 5.78. The molecule has 156 valence electrons. The van der Waals surface area contributed by atoms with Gasteiger partial charge in [-0.2, -0.15) is 0 Å². The number of amides is 1. The Kier molecular flexibility index (Phi) is 7.43. The van der Waals surface area contributed by atoms with E-state index in [1.54, 1.807) is 13.2 Å². The van der Waals surface area contributed by atoms with Crippen molar-refractivity contribution in [1.29, 1.82) is 0 Å². The topological polar surface area (TPSA) is 60.0 Å². The van der Waals surface area contributed by atoms with Crippen molar-refractivity contribution in [2.45, 2.75) is 12.5 Å². The molecular weight excluding hydrogens is 375 g/mol. The van der Waals surface area contributed by atoms with E-state index < -0.39 is 5.82 Å². The minimum absolute atomic E-state index is 0.0290. The van der Waals surface area contributed by atoms with E-state index in [9.17, 15) is 9.18 Å². The molecule has 0 radical (unpaired) electrons. The Morgan fingerprint density at radius 2 is 1.86 bits per heavy atom. The van der Waals surface area contributed by atoms with Gasteiger partial charge in [0.15, 0.2) is 11.6 Å². The second kappa shape index (κ2) is 10.2. The minimum Gasteiger partial charge on any atom is -0.497 e. The van der Waals surface area contributed by atoms with Crippen molar-refractivity contribution in [3.63, 3.8) is 0 Å². The second-order valence-electron chi connectivity index (χ2n) is 6.89. The van der Waals surface area contributed by atoms with Crippen LogP contribution in [0.5, 0.6) is 11.5 Å². The van der Waals surface area contributed by atoms with Crippen molar-refractivity contribution in [2.75, 3.05) is 47.1 Å². The van der Waals surface area contributed by atoms with Crippen LogP contribution < -0.4 is 14.8 Å². The lowest BCUT2D eigenvalue weighted by molar-refractivity contribution is -0.120. The summed E-state index contributed by atoms with van der Waals surface area (Å²) in [5.41, 5.74) is 1.71. The molecule has 0 bridgehead atoms. The normalized spacial score (nSPS) is 15.6. The lowest BCUT2D eigenvalue weighted by Gasteiger charge is -2.35. The van der Waals surface area contributed by atoms with Gasteiger partial charge < -0.3 is 19.5 Å². The van der Waals surface area contributed by atoms with E-state index in [0.717, 1.165) is 24.4 Å². The summed E-state index contributed by atoms with van der Waals surface area (Å²) in [7, 11) is 3.05. The molecule has 1 N–H and O–H groups in total. The molecule has 1 heterocycles. The van der Waals surface area contributed by atoms with Crippen LogP contribution in [0.3, 0.4) is 0 Å². The van der Waals surface area contributed by atoms with Gasteiger partial charge in [-0.3, -0.25) is 9.69 Å². The molecule has 1 atom stereocenters. The first-order chi connectivity index (χ1) is 14.1. The molecule has 1 fully saturated rings. The maximum atomic E-state index is 13.9. The number of nitrogens with one attached hydrogen (secondary N) is 1. The van der Waals surface area contributed by atoms with E-state index in [1.165, 1.54) is 19.2 Å². The smallest absolute Gasteiger partial charge is 0.224 e. The molecule has 1 saturated heterocycles. The highest BCUT2D eigenvalue weighted by Gasteiger charge is 2.23. The maximum Gasteiger partial charge on any atom is 0.224 e. The van der Waals surface area contributed by atoms with Crippen molar-refractivity contribution in [1.82, 2.24) is 10.2 Å². The van der Waals surface area contributed by atoms with Crippen molar-refractivity contribution < 1.29 is 23.4 Å². The van der Waals surface area contributed by atoms with Crippen LogP contribution in [0.2, 0.25) is 0 Å². The molecule has 0 saturated carbocycles. The highest BCUT2D eigenvalue weighted by atomic mass is 19.1. The SMILES string of the molecule is COc1ccc([C@H](CNC(=O)Cc2ccc(OC)c(F)c2)N2CCOCC2)cc1. The van der Waals surface area contributed by atoms with Crippen molar-refractivity contribution in [3.8, 4) is 11.5 Å². The van der Waals surface area contributed by atoms with Crippen molar-refractivity contribution in [3.05, 3.63) is 59.4 Å². The number of rotatable bonds is 8. The molecule has 2 aromatic carbocycles. The number of carbonyl (C=O) groups excluding carboxylic acids is 1. The predicted octanol–water partition coefficient (Wildman–Crippen LogP) is 2.58. The Morgan fingerprint density at radius 3 is 2.48 bits per heavy atom. The maximum absolute atomic E-state index is 13.9. The molecule has 6 nitrogen and oxygen atoms in total. The lowest BCUT2D eigenvalue weighted by atomic mass is 10.0. The highest BCUT2D eigenvalue weighted by Crippen LogP contribution is 2.24. The third kappa shape index (κ3) is 5.68. The third-order valence-corrected chi connectivity index (χ3v) is 5.06. The number of carbonyl (C=O) groups is 1. The number of ether oxygens (including phenoxy) is 3. The molecule has 0 unspecified atom stereocenters. The van der Waals surface area contributed by atoms with Crippen LogP contribution >= 0.6 is 0 Å². The fraction of sp³-hybridized carbons (Fsp3) is 0.409. The van der Waals surface area contributed by atoms with Crippen molar-refractivity contribution in [2.24, 2.45) is 0 Å². The summed E-state index contributed by atoms with van der Waals surface area (Å²) in [5, 5.41) is 3.00. The van der Waals surface area contributed by atoms with Gasteiger partial charge in [0.1, 0.15) is 5.75 Å². The molecule has 1 amide bonds. The molecule has 0 spiro atoms. The zero-order chi connectivity index (χ0) is 20.6. The molecule has 2 aromatic rings. The Hall–Kier alpha value is -2.64. The number of nitrogens with zero attached hydrogens (tertiary/aromatic N) is 1. The van der Waals surface area contributed by atoms with Crippen LogP contribution in [0, 0.1) is 5.82 Å². The molecular formula is C22H27FN2O4. The van der Waals surface area contributed by atoms with E-state index in [2.05, 4.69) is 10.2 Å². The van der Waals surface area contributed by atoms with E-state index in [1.807, 2.05) is 24.3 Å². The van der Waals surface area contributed by atoms with Gasteiger partial charge in [-0.1, -0.05) is 18.2 Å². The summed E-state index contributed by atoms with van der Waals surface area (Å²) in [6.07, 6.45) is 0.110. The molecule has 7 heteroatoms. The Bertz CT molecular complexity index is 807. The van der Waals surface area contributed by atoms with Gasteiger partial charge in [0.25, 0.3) is 0 Å². The molecule has 0 aromatic heterocycles. The van der Waals surface area contributed by atoms with Crippen LogP contribution in [-0.2, 0) is 16.0 Å². The van der Waals surface area contributed by atoms with Crippen molar-refractivity contribution >= 4 is 5.91 Å². The van der Waals surface area contributed by atoms with Gasteiger partial charge in [-0.05, 0) is 35.4 Å². The Balaban J connectivity index is 1.65. The van der Waals surface area contributed by atoms with Crippen LogP contribution in [-0.4, -0.2) is 57.9 Å². The van der Waals surface area contributed by atoms with Crippen LogP contribution in [0.4, 0.5) is 4.39 Å². The van der Waals surface area contributed by atoms with Gasteiger partial charge in [0.05, 0.1) is 39.9 Å². The zero-order valence-corrected chi connectivity index (χ0v) is 16.8. The van der Waals surface area contributed by atoms with E-state index in [-0.39, 0.29) is 24.1 Å². The van der Waals surface area contributed by atoms with E-state index in [0.29, 0.717) is 25.3 Å². The number of halogens is 1. The van der Waals surface area contributed by atoms with Crippen LogP contribution in [0.1, 0.15) is 17.2 Å². The van der Waals surface area contributed by atoms with E-state index >= 15 is 0 Å². The average molecular weight is 402 g/mol. The zero-order valence-electron chi connectivity index (χ0n) is 16.8. The predicted molar refractivity (Wildman–Crippen MR) is 108 cm³/mol. The summed E-state index contributed by atoms with van der Waals surface area (Å²) < 4.78 is 29.5. The molecule has 3 rings (SSSR count). The summed E-state index contributed by atoms with van der Waals surface area (Å²) >= 11 is 0. The summed E-state index contributed by atoms with van der Waals surface area (Å²) in [6, 6.07) is 12.5. The average Bonchev–Trinajstić information content (AvgIpc) is 2.75. The quantitative estimate of drug-likeness (QED) is 0.736. The van der Waals surface area contributed by atoms with E-state index in [4.69, 9.17) is 14.2 Å². The molecule has 1 aliphatic rings. The number of morpholine rings is 1. The van der Waals surface area contributed by atoms with Crippen LogP contribution in [0.25, 0.3) is 0 Å². The third-order valence-electron chi connectivity index (χ3n) is 5.06. The summed E-state index contributed by atoms with van der Waals surface area (Å²) in [5.74, 6) is 0.338. The fourth-order valence-electron chi connectivity index (χ4n) is 3.45. The minimum atomic E-state index is -0.470. The van der Waals surface area contributed by atoms with Gasteiger partial charge in [0, 0.05) is 19.6 Å². The van der Waals surface area contributed by atoms with Gasteiger partial charge in [-0.15, -0.1) is 0 Å². The lowest BCUT2D eigenvalue weighted by Crippen LogP contribution is -2.44. The Morgan fingerprint density at radius 1 is 1.14 bits per heavy atom. The molecule has 29 heavy (non-hydrogen) atoms. The molecule has 1 aliphatic heterocycles. The first-order valence-electron chi connectivity index (χ1n) is 9.65. The van der Waals surface area contributed by atoms with Crippen LogP contribution in [0.15, 0.2) is 42.5 Å². The first kappa shape index (κ1) is 21.1. The number of hydrogen-bond donors (Lipinski definition) is 1. The summed E-state index contributed by atoms with van der Waals surface area (Å²) in [4.78, 5) is 14.8. The second-order valence-corrected chi connectivity index (χ2v) is 6.89. The van der Waals surface area contributed by atoms with Gasteiger partial charge >= 0.3 is 0 Å². The number of methoxy groups -OCH3 is 2. The Labute approximate surface area is 170 Å². The fourth-order valence-corrected chi connectivity index (χ4v) is 3.45.